The Kier molecular flexibility index (Phi) is 5.72. The number of anilines is 1. The predicted octanol–water partition coefficient (Wildman–Crippen LogP) is 0.862. The van der Waals surface area contributed by atoms with E-state index in [1.807, 2.05) is 0 Å². The summed E-state index contributed by atoms with van der Waals surface area (Å²) in [5, 5.41) is 22.8. The molecule has 9 nitrogen and oxygen atoms in total. The van der Waals surface area contributed by atoms with Crippen LogP contribution in [0.25, 0.3) is 0 Å². The molecule has 1 rings (SSSR count). The van der Waals surface area contributed by atoms with E-state index in [-0.39, 0.29) is 23.9 Å². The minimum absolute atomic E-state index is 0.0177. The molecule has 1 aromatic rings. The zero-order chi connectivity index (χ0) is 16.2. The molecular weight excluding hydrogens is 328 g/mol. The summed E-state index contributed by atoms with van der Waals surface area (Å²) in [5.41, 5.74) is -0.766. The van der Waals surface area contributed by atoms with E-state index in [2.05, 4.69) is 5.32 Å². The highest BCUT2D eigenvalue weighted by Gasteiger charge is 2.27. The number of benzene rings is 1. The van der Waals surface area contributed by atoms with Crippen molar-refractivity contribution < 1.29 is 27.7 Å². The third-order valence-corrected chi connectivity index (χ3v) is 3.70. The number of hydrogen-bond donors (Lipinski definition) is 3. The van der Waals surface area contributed by atoms with Crippen LogP contribution in [0.2, 0.25) is 0 Å². The number of ether oxygens (including phenoxy) is 1. The highest BCUT2D eigenvalue weighted by atomic mass is 35.5. The minimum atomic E-state index is -4.80. The maximum Gasteiger partial charge on any atom is 0.301 e. The third kappa shape index (κ3) is 4.43. The second-order valence-electron chi connectivity index (χ2n) is 3.94. The summed E-state index contributed by atoms with van der Waals surface area (Å²) in [6.07, 6.45) is -0.916. The van der Waals surface area contributed by atoms with Gasteiger partial charge in [-0.05, 0) is 6.07 Å². The Morgan fingerprint density at radius 1 is 1.52 bits per heavy atom. The first kappa shape index (κ1) is 17.4. The number of rotatable bonds is 7. The molecule has 0 amide bonds. The van der Waals surface area contributed by atoms with E-state index in [4.69, 9.17) is 20.9 Å². The van der Waals surface area contributed by atoms with Crippen LogP contribution in [0.1, 0.15) is 0 Å². The summed E-state index contributed by atoms with van der Waals surface area (Å²) in [6.45, 7) is -0.0391. The molecule has 1 atom stereocenters. The number of aliphatic hydroxyl groups is 1. The number of halogens is 1. The van der Waals surface area contributed by atoms with Gasteiger partial charge >= 0.3 is 10.1 Å². The Balaban J connectivity index is 3.34. The van der Waals surface area contributed by atoms with Gasteiger partial charge in [0.15, 0.2) is 4.90 Å². The van der Waals surface area contributed by atoms with Crippen molar-refractivity contribution in [3.05, 3.63) is 22.2 Å². The first-order chi connectivity index (χ1) is 9.70. The van der Waals surface area contributed by atoms with Gasteiger partial charge in [0.2, 0.25) is 0 Å². The van der Waals surface area contributed by atoms with Gasteiger partial charge in [0.1, 0.15) is 5.75 Å². The Morgan fingerprint density at radius 3 is 2.57 bits per heavy atom. The lowest BCUT2D eigenvalue weighted by atomic mass is 10.2. The molecule has 0 saturated heterocycles. The molecule has 0 bridgehead atoms. The number of nitrogens with zero attached hydrogens (tertiary/aromatic N) is 1. The van der Waals surface area contributed by atoms with Crippen molar-refractivity contribution in [3.8, 4) is 5.75 Å². The van der Waals surface area contributed by atoms with Gasteiger partial charge in [-0.2, -0.15) is 8.42 Å². The SMILES string of the molecule is COc1cc([N+](=O)[O-])c(S(=O)(=O)O)cc1NCC(O)CCl. The summed E-state index contributed by atoms with van der Waals surface area (Å²) in [5.74, 6) is -0.0798. The van der Waals surface area contributed by atoms with Crippen molar-refractivity contribution in [2.24, 2.45) is 0 Å². The fourth-order valence-electron chi connectivity index (χ4n) is 1.49. The molecule has 0 aliphatic rings. The average Bonchev–Trinajstić information content (AvgIpc) is 2.42. The lowest BCUT2D eigenvalue weighted by Gasteiger charge is -2.14. The highest BCUT2D eigenvalue weighted by Crippen LogP contribution is 2.35. The molecule has 0 aromatic heterocycles. The summed E-state index contributed by atoms with van der Waals surface area (Å²) in [4.78, 5) is 9.02. The second-order valence-corrected chi connectivity index (χ2v) is 5.64. The molecule has 1 unspecified atom stereocenters. The third-order valence-electron chi connectivity index (χ3n) is 2.46. The topological polar surface area (TPSA) is 139 Å². The second kappa shape index (κ2) is 6.89. The van der Waals surface area contributed by atoms with Gasteiger partial charge in [-0.1, -0.05) is 0 Å². The lowest BCUT2D eigenvalue weighted by Crippen LogP contribution is -2.21. The molecule has 0 spiro atoms. The van der Waals surface area contributed by atoms with Crippen molar-refractivity contribution in [3.63, 3.8) is 0 Å². The predicted molar refractivity (Wildman–Crippen MR) is 74.7 cm³/mol. The number of aliphatic hydroxyl groups excluding tert-OH is 1. The fourth-order valence-corrected chi connectivity index (χ4v) is 2.26. The Labute approximate surface area is 125 Å². The number of nitro benzene ring substituents is 1. The van der Waals surface area contributed by atoms with Crippen molar-refractivity contribution in [2.75, 3.05) is 24.9 Å². The smallest absolute Gasteiger partial charge is 0.301 e. The Hall–Kier alpha value is -1.62. The van der Waals surface area contributed by atoms with Gasteiger partial charge in [-0.25, -0.2) is 0 Å². The first-order valence-electron chi connectivity index (χ1n) is 5.52. The highest BCUT2D eigenvalue weighted by molar-refractivity contribution is 7.86. The van der Waals surface area contributed by atoms with E-state index in [0.29, 0.717) is 0 Å². The molecule has 1 aromatic carbocycles. The molecule has 3 N–H and O–H groups in total. The van der Waals surface area contributed by atoms with Crippen molar-refractivity contribution in [1.82, 2.24) is 0 Å². The van der Waals surface area contributed by atoms with E-state index >= 15 is 0 Å². The molecule has 21 heavy (non-hydrogen) atoms. The maximum atomic E-state index is 11.2. The standard InChI is InChI=1S/C10H13ClN2O7S/c1-20-9-3-8(13(15)16)10(21(17,18)19)2-7(9)12-5-6(14)4-11/h2-3,6,12,14H,4-5H2,1H3,(H,17,18,19). The van der Waals surface area contributed by atoms with E-state index in [9.17, 15) is 23.6 Å². The molecular formula is C10H13ClN2O7S. The first-order valence-corrected chi connectivity index (χ1v) is 7.50. The summed E-state index contributed by atoms with van der Waals surface area (Å²) < 4.78 is 36.4. The number of nitro groups is 1. The van der Waals surface area contributed by atoms with Crippen LogP contribution in [0.3, 0.4) is 0 Å². The summed E-state index contributed by atoms with van der Waals surface area (Å²) in [7, 11) is -3.56. The molecule has 0 aliphatic heterocycles. The molecule has 118 valence electrons. The zero-order valence-corrected chi connectivity index (χ0v) is 12.4. The van der Waals surface area contributed by atoms with Crippen LogP contribution in [0.15, 0.2) is 17.0 Å². The van der Waals surface area contributed by atoms with Gasteiger partial charge in [-0.3, -0.25) is 14.7 Å². The molecule has 0 radical (unpaired) electrons. The van der Waals surface area contributed by atoms with E-state index in [0.717, 1.165) is 12.1 Å². The van der Waals surface area contributed by atoms with Crippen molar-refractivity contribution in [2.45, 2.75) is 11.0 Å². The Bertz CT molecular complexity index is 635. The van der Waals surface area contributed by atoms with Crippen LogP contribution in [-0.2, 0) is 10.1 Å². The zero-order valence-electron chi connectivity index (χ0n) is 10.8. The maximum absolute atomic E-state index is 11.2. The molecule has 0 fully saturated rings. The van der Waals surface area contributed by atoms with Crippen LogP contribution in [-0.4, -0.2) is 48.6 Å². The van der Waals surface area contributed by atoms with Crippen molar-refractivity contribution in [1.29, 1.82) is 0 Å². The summed E-state index contributed by atoms with van der Waals surface area (Å²) >= 11 is 5.42. The normalized spacial score (nSPS) is 12.8. The average molecular weight is 341 g/mol. The van der Waals surface area contributed by atoms with E-state index in [1.54, 1.807) is 0 Å². The van der Waals surface area contributed by atoms with Gasteiger partial charge in [-0.15, -0.1) is 11.6 Å². The largest absolute Gasteiger partial charge is 0.494 e. The quantitative estimate of drug-likeness (QED) is 0.287. The summed E-state index contributed by atoms with van der Waals surface area (Å²) in [6, 6.07) is 1.71. The number of hydrogen-bond acceptors (Lipinski definition) is 7. The van der Waals surface area contributed by atoms with Crippen LogP contribution in [0.5, 0.6) is 5.75 Å². The van der Waals surface area contributed by atoms with E-state index in [1.165, 1.54) is 7.11 Å². The Morgan fingerprint density at radius 2 is 2.14 bits per heavy atom. The molecule has 0 heterocycles. The van der Waals surface area contributed by atoms with E-state index < -0.39 is 31.7 Å². The van der Waals surface area contributed by atoms with Crippen LogP contribution in [0.4, 0.5) is 11.4 Å². The number of alkyl halides is 1. The minimum Gasteiger partial charge on any atom is -0.494 e. The molecule has 0 saturated carbocycles. The molecule has 0 aliphatic carbocycles. The number of methoxy groups -OCH3 is 1. The van der Waals surface area contributed by atoms with Crippen LogP contribution in [0, 0.1) is 10.1 Å². The van der Waals surface area contributed by atoms with Crippen LogP contribution >= 0.6 is 11.6 Å². The lowest BCUT2D eigenvalue weighted by molar-refractivity contribution is -0.387. The van der Waals surface area contributed by atoms with Crippen molar-refractivity contribution >= 4 is 33.1 Å². The van der Waals surface area contributed by atoms with Gasteiger partial charge in [0.25, 0.3) is 5.69 Å². The molecule has 11 heteroatoms. The van der Waals surface area contributed by atoms with Gasteiger partial charge < -0.3 is 15.2 Å². The fraction of sp³-hybridized carbons (Fsp3) is 0.400. The van der Waals surface area contributed by atoms with Crippen LogP contribution < -0.4 is 10.1 Å². The van der Waals surface area contributed by atoms with Gasteiger partial charge in [0, 0.05) is 6.54 Å². The van der Waals surface area contributed by atoms with Gasteiger partial charge in [0.05, 0.1) is 35.8 Å². The monoisotopic (exact) mass is 340 g/mol. The number of nitrogens with one attached hydrogen (secondary N) is 1.